The zero-order valence-electron chi connectivity index (χ0n) is 8.84. The molecule has 2 aliphatic rings. The van der Waals surface area contributed by atoms with Gasteiger partial charge in [-0.15, -0.1) is 0 Å². The first-order valence-corrected chi connectivity index (χ1v) is 5.83. The van der Waals surface area contributed by atoms with Crippen LogP contribution in [0.1, 0.15) is 38.5 Å². The van der Waals surface area contributed by atoms with E-state index in [1.165, 1.54) is 25.7 Å². The summed E-state index contributed by atoms with van der Waals surface area (Å²) in [5.41, 5.74) is 5.76. The van der Waals surface area contributed by atoms with Gasteiger partial charge in [-0.05, 0) is 25.3 Å². The lowest BCUT2D eigenvalue weighted by atomic mass is 9.87. The lowest BCUT2D eigenvalue weighted by Crippen LogP contribution is -2.36. The van der Waals surface area contributed by atoms with Gasteiger partial charge in [-0.2, -0.15) is 0 Å². The normalized spacial score (nSPS) is 32.8. The van der Waals surface area contributed by atoms with Gasteiger partial charge in [0.15, 0.2) is 5.79 Å². The monoisotopic (exact) mass is 199 g/mol. The summed E-state index contributed by atoms with van der Waals surface area (Å²) >= 11 is 0. The van der Waals surface area contributed by atoms with Crippen LogP contribution in [0.15, 0.2) is 0 Å². The van der Waals surface area contributed by atoms with Crippen molar-refractivity contribution in [2.75, 3.05) is 19.8 Å². The van der Waals surface area contributed by atoms with Gasteiger partial charge >= 0.3 is 0 Å². The predicted molar refractivity (Wildman–Crippen MR) is 54.9 cm³/mol. The van der Waals surface area contributed by atoms with Crippen molar-refractivity contribution in [2.45, 2.75) is 44.3 Å². The lowest BCUT2D eigenvalue weighted by molar-refractivity contribution is -0.177. The Balaban J connectivity index is 1.98. The molecule has 1 atom stereocenters. The van der Waals surface area contributed by atoms with Crippen LogP contribution in [0.3, 0.4) is 0 Å². The first kappa shape index (κ1) is 10.4. The molecule has 0 amide bonds. The zero-order valence-corrected chi connectivity index (χ0v) is 8.84. The summed E-state index contributed by atoms with van der Waals surface area (Å²) in [5, 5.41) is 0. The fourth-order valence-electron chi connectivity index (χ4n) is 2.61. The Morgan fingerprint density at radius 3 is 2.64 bits per heavy atom. The van der Waals surface area contributed by atoms with E-state index >= 15 is 0 Å². The van der Waals surface area contributed by atoms with Crippen LogP contribution >= 0.6 is 0 Å². The lowest BCUT2D eigenvalue weighted by Gasteiger charge is -2.33. The second-order valence-corrected chi connectivity index (χ2v) is 4.51. The molecule has 1 saturated carbocycles. The fraction of sp³-hybridized carbons (Fsp3) is 1.00. The first-order chi connectivity index (χ1) is 6.85. The van der Waals surface area contributed by atoms with E-state index in [0.29, 0.717) is 5.92 Å². The maximum atomic E-state index is 5.77. The molecule has 1 aliphatic heterocycles. The Morgan fingerprint density at radius 2 is 1.93 bits per heavy atom. The molecule has 1 unspecified atom stereocenters. The van der Waals surface area contributed by atoms with E-state index in [-0.39, 0.29) is 5.79 Å². The Morgan fingerprint density at radius 1 is 1.14 bits per heavy atom. The molecular formula is C11H21NO2. The van der Waals surface area contributed by atoms with E-state index in [4.69, 9.17) is 15.2 Å². The first-order valence-electron chi connectivity index (χ1n) is 5.83. The molecule has 0 aromatic heterocycles. The smallest absolute Gasteiger partial charge is 0.168 e. The van der Waals surface area contributed by atoms with Crippen LogP contribution in [0.2, 0.25) is 0 Å². The van der Waals surface area contributed by atoms with Crippen LogP contribution in [-0.2, 0) is 9.47 Å². The van der Waals surface area contributed by atoms with Gasteiger partial charge in [0.1, 0.15) is 0 Å². The number of nitrogens with two attached hydrogens (primary N) is 1. The molecule has 14 heavy (non-hydrogen) atoms. The molecule has 82 valence electrons. The molecule has 1 aliphatic carbocycles. The molecule has 2 fully saturated rings. The van der Waals surface area contributed by atoms with Crippen molar-refractivity contribution in [3.63, 3.8) is 0 Å². The molecule has 0 aromatic rings. The van der Waals surface area contributed by atoms with E-state index in [1.807, 2.05) is 0 Å². The van der Waals surface area contributed by atoms with Crippen LogP contribution in [0.25, 0.3) is 0 Å². The molecular weight excluding hydrogens is 178 g/mol. The largest absolute Gasteiger partial charge is 0.348 e. The average Bonchev–Trinajstić information content (AvgIpc) is 2.61. The maximum Gasteiger partial charge on any atom is 0.168 e. The Hall–Kier alpha value is -0.120. The average molecular weight is 199 g/mol. The summed E-state index contributed by atoms with van der Waals surface area (Å²) in [5.74, 6) is 0.332. The van der Waals surface area contributed by atoms with Crippen molar-refractivity contribution < 1.29 is 9.47 Å². The van der Waals surface area contributed by atoms with Gasteiger partial charge in [-0.1, -0.05) is 12.8 Å². The minimum Gasteiger partial charge on any atom is -0.348 e. The van der Waals surface area contributed by atoms with Gasteiger partial charge in [0.05, 0.1) is 13.2 Å². The van der Waals surface area contributed by atoms with E-state index in [2.05, 4.69) is 0 Å². The van der Waals surface area contributed by atoms with Crippen molar-refractivity contribution in [2.24, 2.45) is 11.7 Å². The summed E-state index contributed by atoms with van der Waals surface area (Å²) in [6.45, 7) is 2.29. The third kappa shape index (κ3) is 2.27. The molecule has 1 saturated heterocycles. The summed E-state index contributed by atoms with van der Waals surface area (Å²) in [6, 6.07) is 0. The van der Waals surface area contributed by atoms with Crippen molar-refractivity contribution in [3.8, 4) is 0 Å². The minimum absolute atomic E-state index is 0.259. The number of hydrogen-bond acceptors (Lipinski definition) is 3. The molecule has 1 spiro atoms. The van der Waals surface area contributed by atoms with Crippen LogP contribution in [0.5, 0.6) is 0 Å². The third-order valence-corrected chi connectivity index (χ3v) is 3.42. The number of rotatable bonds is 1. The summed E-state index contributed by atoms with van der Waals surface area (Å²) in [7, 11) is 0. The fourth-order valence-corrected chi connectivity index (χ4v) is 2.61. The molecule has 2 rings (SSSR count). The second-order valence-electron chi connectivity index (χ2n) is 4.51. The molecule has 3 nitrogen and oxygen atoms in total. The zero-order chi connectivity index (χ0) is 9.86. The second kappa shape index (κ2) is 4.60. The van der Waals surface area contributed by atoms with Crippen molar-refractivity contribution in [3.05, 3.63) is 0 Å². The molecule has 2 N–H and O–H groups in total. The third-order valence-electron chi connectivity index (χ3n) is 3.42. The number of ether oxygens (including phenoxy) is 2. The van der Waals surface area contributed by atoms with E-state index in [9.17, 15) is 0 Å². The van der Waals surface area contributed by atoms with Crippen LogP contribution in [-0.4, -0.2) is 25.5 Å². The molecule has 0 radical (unpaired) electrons. The predicted octanol–water partition coefficient (Wildman–Crippen LogP) is 1.66. The van der Waals surface area contributed by atoms with E-state index in [0.717, 1.165) is 32.6 Å². The standard InChI is InChI=1S/C11H21NO2/c12-9-10-4-2-1-3-5-11(8-10)13-6-7-14-11/h10H,1-9,12H2. The molecule has 0 bridgehead atoms. The SMILES string of the molecule is NCC1CCCCCC2(C1)OCCO2. The highest BCUT2D eigenvalue weighted by atomic mass is 16.7. The van der Waals surface area contributed by atoms with Gasteiger partial charge in [0.25, 0.3) is 0 Å². The van der Waals surface area contributed by atoms with Crippen molar-refractivity contribution in [1.82, 2.24) is 0 Å². The Kier molecular flexibility index (Phi) is 3.42. The van der Waals surface area contributed by atoms with E-state index < -0.39 is 0 Å². The topological polar surface area (TPSA) is 44.5 Å². The van der Waals surface area contributed by atoms with Gasteiger partial charge in [-0.25, -0.2) is 0 Å². The van der Waals surface area contributed by atoms with Gasteiger partial charge in [0.2, 0.25) is 0 Å². The van der Waals surface area contributed by atoms with Gasteiger partial charge < -0.3 is 15.2 Å². The van der Waals surface area contributed by atoms with Gasteiger partial charge in [0, 0.05) is 12.8 Å². The molecule has 1 heterocycles. The minimum atomic E-state index is -0.259. The summed E-state index contributed by atoms with van der Waals surface area (Å²) in [4.78, 5) is 0. The highest BCUT2D eigenvalue weighted by Gasteiger charge is 2.38. The van der Waals surface area contributed by atoms with Crippen molar-refractivity contribution >= 4 is 0 Å². The highest BCUT2D eigenvalue weighted by Crippen LogP contribution is 2.35. The Labute approximate surface area is 85.9 Å². The summed E-state index contributed by atoms with van der Waals surface area (Å²) in [6.07, 6.45) is 7.15. The highest BCUT2D eigenvalue weighted by molar-refractivity contribution is 4.80. The van der Waals surface area contributed by atoms with Crippen LogP contribution in [0.4, 0.5) is 0 Å². The van der Waals surface area contributed by atoms with Crippen LogP contribution in [0, 0.1) is 5.92 Å². The van der Waals surface area contributed by atoms with E-state index in [1.54, 1.807) is 0 Å². The summed E-state index contributed by atoms with van der Waals surface area (Å²) < 4.78 is 11.5. The van der Waals surface area contributed by atoms with Gasteiger partial charge in [-0.3, -0.25) is 0 Å². The molecule has 3 heteroatoms. The Bertz CT molecular complexity index is 178. The maximum absolute atomic E-state index is 5.77. The molecule has 0 aromatic carbocycles. The van der Waals surface area contributed by atoms with Crippen LogP contribution < -0.4 is 5.73 Å². The van der Waals surface area contributed by atoms with Crippen molar-refractivity contribution in [1.29, 1.82) is 0 Å². The quantitative estimate of drug-likeness (QED) is 0.698. The number of hydrogen-bond donors (Lipinski definition) is 1.